The maximum Gasteiger partial charge on any atom is 0.253 e. The first-order chi connectivity index (χ1) is 14.6. The van der Waals surface area contributed by atoms with Gasteiger partial charge in [0, 0.05) is 25.1 Å². The molecule has 3 aromatic rings. The van der Waals surface area contributed by atoms with E-state index in [9.17, 15) is 9.90 Å². The van der Waals surface area contributed by atoms with E-state index in [1.165, 1.54) is 0 Å². The van der Waals surface area contributed by atoms with Crippen molar-refractivity contribution in [2.75, 3.05) is 20.2 Å². The van der Waals surface area contributed by atoms with Crippen LogP contribution in [-0.4, -0.2) is 47.2 Å². The molecule has 1 saturated heterocycles. The van der Waals surface area contributed by atoms with Gasteiger partial charge in [-0.2, -0.15) is 0 Å². The van der Waals surface area contributed by atoms with E-state index in [-0.39, 0.29) is 17.9 Å². The third-order valence-corrected chi connectivity index (χ3v) is 5.98. The van der Waals surface area contributed by atoms with Crippen LogP contribution >= 0.6 is 0 Å². The lowest BCUT2D eigenvalue weighted by atomic mass is 9.90. The highest BCUT2D eigenvalue weighted by Gasteiger charge is 2.27. The van der Waals surface area contributed by atoms with Gasteiger partial charge in [-0.1, -0.05) is 19.1 Å². The molecule has 0 aliphatic carbocycles. The highest BCUT2D eigenvalue weighted by Crippen LogP contribution is 2.25. The fourth-order valence-electron chi connectivity index (χ4n) is 4.10. The molecular formula is C24H28N2O4. The van der Waals surface area contributed by atoms with Crippen molar-refractivity contribution < 1.29 is 19.1 Å². The van der Waals surface area contributed by atoms with Crippen LogP contribution < -0.4 is 4.74 Å². The summed E-state index contributed by atoms with van der Waals surface area (Å²) in [5.41, 5.74) is 3.07. The highest BCUT2D eigenvalue weighted by molar-refractivity contribution is 5.97. The van der Waals surface area contributed by atoms with E-state index < -0.39 is 0 Å². The average Bonchev–Trinajstić information content (AvgIpc) is 3.20. The second-order valence-electron chi connectivity index (χ2n) is 7.92. The number of carbonyl (C=O) groups is 1. The van der Waals surface area contributed by atoms with Gasteiger partial charge >= 0.3 is 0 Å². The summed E-state index contributed by atoms with van der Waals surface area (Å²) in [5, 5.41) is 10.0. The number of carbonyl (C=O) groups excluding carboxylic acids is 1. The Morgan fingerprint density at radius 2 is 1.97 bits per heavy atom. The zero-order valence-corrected chi connectivity index (χ0v) is 17.5. The number of amides is 1. The number of aromatic nitrogens is 1. The molecule has 1 amide bonds. The summed E-state index contributed by atoms with van der Waals surface area (Å²) < 4.78 is 11.1. The minimum atomic E-state index is -0.267. The SMILES string of the molecule is CC[C@@H](O)C1CCN(C(=O)c2ccc3nc(Cc4ccc(OC)cc4)oc3c2)CC1. The van der Waals surface area contributed by atoms with Crippen molar-refractivity contribution in [3.63, 3.8) is 0 Å². The van der Waals surface area contributed by atoms with Gasteiger partial charge in [0.25, 0.3) is 5.91 Å². The number of ether oxygens (including phenoxy) is 1. The van der Waals surface area contributed by atoms with Crippen molar-refractivity contribution in [1.29, 1.82) is 0 Å². The van der Waals surface area contributed by atoms with Gasteiger partial charge in [0.15, 0.2) is 11.5 Å². The van der Waals surface area contributed by atoms with Crippen LogP contribution in [0.5, 0.6) is 5.75 Å². The summed E-state index contributed by atoms with van der Waals surface area (Å²) in [6.45, 7) is 3.35. The fourth-order valence-corrected chi connectivity index (χ4v) is 4.10. The van der Waals surface area contributed by atoms with Crippen molar-refractivity contribution in [2.45, 2.75) is 38.7 Å². The number of hydrogen-bond acceptors (Lipinski definition) is 5. The predicted molar refractivity (Wildman–Crippen MR) is 115 cm³/mol. The number of benzene rings is 2. The van der Waals surface area contributed by atoms with E-state index >= 15 is 0 Å². The standard InChI is InChI=1S/C24H28N2O4/c1-3-21(27)17-10-12-26(13-11-17)24(28)18-6-9-20-22(15-18)30-23(25-20)14-16-4-7-19(29-2)8-5-16/h4-9,15,17,21,27H,3,10-14H2,1-2H3/t21-/m1/s1. The summed E-state index contributed by atoms with van der Waals surface area (Å²) in [7, 11) is 1.64. The monoisotopic (exact) mass is 408 g/mol. The van der Waals surface area contributed by atoms with Gasteiger partial charge in [-0.25, -0.2) is 4.98 Å². The van der Waals surface area contributed by atoms with E-state index in [0.717, 1.165) is 36.1 Å². The van der Waals surface area contributed by atoms with Gasteiger partial charge in [0.1, 0.15) is 11.3 Å². The van der Waals surface area contributed by atoms with Crippen LogP contribution in [-0.2, 0) is 6.42 Å². The fraction of sp³-hybridized carbons (Fsp3) is 0.417. The van der Waals surface area contributed by atoms with Gasteiger partial charge in [-0.05, 0) is 61.1 Å². The molecule has 0 unspecified atom stereocenters. The number of hydrogen-bond donors (Lipinski definition) is 1. The van der Waals surface area contributed by atoms with E-state index in [1.54, 1.807) is 13.2 Å². The molecule has 0 saturated carbocycles. The Morgan fingerprint density at radius 3 is 2.63 bits per heavy atom. The number of likely N-dealkylation sites (tertiary alicyclic amines) is 1. The molecule has 0 radical (unpaired) electrons. The van der Waals surface area contributed by atoms with Crippen molar-refractivity contribution in [2.24, 2.45) is 5.92 Å². The molecule has 4 rings (SSSR count). The Kier molecular flexibility index (Phi) is 6.04. The van der Waals surface area contributed by atoms with E-state index in [4.69, 9.17) is 9.15 Å². The molecule has 2 heterocycles. The second kappa shape index (κ2) is 8.88. The Hall–Kier alpha value is -2.86. The summed E-state index contributed by atoms with van der Waals surface area (Å²) >= 11 is 0. The van der Waals surface area contributed by atoms with Crippen LogP contribution in [0.1, 0.15) is 48.0 Å². The van der Waals surface area contributed by atoms with Gasteiger partial charge in [-0.3, -0.25) is 4.79 Å². The van der Waals surface area contributed by atoms with Crippen LogP contribution in [0.3, 0.4) is 0 Å². The summed E-state index contributed by atoms with van der Waals surface area (Å²) in [6.07, 6.45) is 2.76. The number of aliphatic hydroxyl groups is 1. The van der Waals surface area contributed by atoms with Crippen LogP contribution in [0.2, 0.25) is 0 Å². The first-order valence-corrected chi connectivity index (χ1v) is 10.6. The van der Waals surface area contributed by atoms with Crippen molar-refractivity contribution in [3.8, 4) is 5.75 Å². The molecule has 6 heteroatoms. The zero-order valence-electron chi connectivity index (χ0n) is 17.5. The smallest absolute Gasteiger partial charge is 0.253 e. The second-order valence-corrected chi connectivity index (χ2v) is 7.92. The van der Waals surface area contributed by atoms with Crippen LogP contribution in [0.25, 0.3) is 11.1 Å². The third kappa shape index (κ3) is 4.33. The lowest BCUT2D eigenvalue weighted by molar-refractivity contribution is 0.0454. The first kappa shape index (κ1) is 20.4. The molecule has 2 aromatic carbocycles. The Morgan fingerprint density at radius 1 is 1.23 bits per heavy atom. The molecule has 30 heavy (non-hydrogen) atoms. The molecular weight excluding hydrogens is 380 g/mol. The summed E-state index contributed by atoms with van der Waals surface area (Å²) in [5.74, 6) is 1.73. The summed E-state index contributed by atoms with van der Waals surface area (Å²) in [4.78, 5) is 19.4. The Bertz CT molecular complexity index is 1000. The molecule has 1 N–H and O–H groups in total. The Balaban J connectivity index is 1.45. The molecule has 1 atom stereocenters. The number of oxazole rings is 1. The third-order valence-electron chi connectivity index (χ3n) is 5.98. The van der Waals surface area contributed by atoms with E-state index in [1.807, 2.05) is 48.2 Å². The molecule has 1 fully saturated rings. The average molecular weight is 408 g/mol. The molecule has 1 aromatic heterocycles. The lowest BCUT2D eigenvalue weighted by Crippen LogP contribution is -2.41. The lowest BCUT2D eigenvalue weighted by Gasteiger charge is -2.34. The maximum atomic E-state index is 12.9. The predicted octanol–water partition coefficient (Wildman–Crippen LogP) is 4.05. The van der Waals surface area contributed by atoms with Crippen LogP contribution in [0.15, 0.2) is 46.9 Å². The number of methoxy groups -OCH3 is 1. The molecule has 6 nitrogen and oxygen atoms in total. The number of aliphatic hydroxyl groups excluding tert-OH is 1. The number of fused-ring (bicyclic) bond motifs is 1. The molecule has 1 aliphatic heterocycles. The molecule has 1 aliphatic rings. The summed E-state index contributed by atoms with van der Waals surface area (Å²) in [6, 6.07) is 13.3. The maximum absolute atomic E-state index is 12.9. The zero-order chi connectivity index (χ0) is 21.1. The van der Waals surface area contributed by atoms with Gasteiger partial charge in [0.2, 0.25) is 0 Å². The van der Waals surface area contributed by atoms with Crippen LogP contribution in [0.4, 0.5) is 0 Å². The topological polar surface area (TPSA) is 75.8 Å². The van der Waals surface area contributed by atoms with Crippen molar-refractivity contribution >= 4 is 17.0 Å². The number of piperidine rings is 1. The molecule has 0 spiro atoms. The largest absolute Gasteiger partial charge is 0.497 e. The molecule has 158 valence electrons. The van der Waals surface area contributed by atoms with Crippen molar-refractivity contribution in [3.05, 3.63) is 59.5 Å². The first-order valence-electron chi connectivity index (χ1n) is 10.6. The minimum Gasteiger partial charge on any atom is -0.497 e. The normalized spacial score (nSPS) is 16.0. The van der Waals surface area contributed by atoms with E-state index in [0.29, 0.717) is 36.5 Å². The Labute approximate surface area is 176 Å². The highest BCUT2D eigenvalue weighted by atomic mass is 16.5. The van der Waals surface area contributed by atoms with Crippen LogP contribution in [0, 0.1) is 5.92 Å². The quantitative estimate of drug-likeness (QED) is 0.666. The van der Waals surface area contributed by atoms with Gasteiger partial charge < -0.3 is 19.2 Å². The number of rotatable bonds is 6. The van der Waals surface area contributed by atoms with Gasteiger partial charge in [0.05, 0.1) is 13.2 Å². The molecule has 0 bridgehead atoms. The van der Waals surface area contributed by atoms with Gasteiger partial charge in [-0.15, -0.1) is 0 Å². The number of nitrogens with zero attached hydrogens (tertiary/aromatic N) is 2. The van der Waals surface area contributed by atoms with Crippen molar-refractivity contribution in [1.82, 2.24) is 9.88 Å². The van der Waals surface area contributed by atoms with E-state index in [2.05, 4.69) is 4.98 Å². The minimum absolute atomic E-state index is 0.00874.